The summed E-state index contributed by atoms with van der Waals surface area (Å²) in [6.07, 6.45) is 5.04. The lowest BCUT2D eigenvalue weighted by molar-refractivity contribution is -0.134. The second kappa shape index (κ2) is 5.22. The third-order valence-electron chi connectivity index (χ3n) is 2.72. The summed E-state index contributed by atoms with van der Waals surface area (Å²) in [5, 5.41) is 0. The molecule has 1 fully saturated rings. The van der Waals surface area contributed by atoms with Crippen molar-refractivity contribution in [2.24, 2.45) is 5.73 Å². The molecule has 0 bridgehead atoms. The van der Waals surface area contributed by atoms with Crippen LogP contribution in [0.15, 0.2) is 0 Å². The third kappa shape index (κ3) is 2.99. The van der Waals surface area contributed by atoms with E-state index in [1.165, 1.54) is 12.8 Å². The van der Waals surface area contributed by atoms with Crippen LogP contribution in [0.25, 0.3) is 0 Å². The van der Waals surface area contributed by atoms with E-state index in [4.69, 9.17) is 5.73 Å². The molecule has 1 atom stereocenters. The number of nitrogens with two attached hydrogens (primary N) is 1. The topological polar surface area (TPSA) is 46.3 Å². The third-order valence-corrected chi connectivity index (χ3v) is 2.72. The van der Waals surface area contributed by atoms with Crippen molar-refractivity contribution in [1.82, 2.24) is 4.90 Å². The quantitative estimate of drug-likeness (QED) is 0.714. The van der Waals surface area contributed by atoms with Crippen LogP contribution >= 0.6 is 0 Å². The summed E-state index contributed by atoms with van der Waals surface area (Å²) >= 11 is 0. The summed E-state index contributed by atoms with van der Waals surface area (Å²) in [7, 11) is 0. The molecule has 0 saturated carbocycles. The summed E-state index contributed by atoms with van der Waals surface area (Å²) in [5.74, 6) is 0.289. The first-order valence-electron chi connectivity index (χ1n) is 5.25. The van der Waals surface area contributed by atoms with Gasteiger partial charge in [0.25, 0.3) is 0 Å². The van der Waals surface area contributed by atoms with E-state index in [0.717, 1.165) is 19.4 Å². The van der Waals surface area contributed by atoms with Crippen LogP contribution in [0, 0.1) is 0 Å². The molecule has 3 heteroatoms. The van der Waals surface area contributed by atoms with Crippen molar-refractivity contribution in [3.8, 4) is 0 Å². The van der Waals surface area contributed by atoms with Gasteiger partial charge in [-0.05, 0) is 39.2 Å². The monoisotopic (exact) mass is 184 g/mol. The van der Waals surface area contributed by atoms with Crippen LogP contribution in [-0.2, 0) is 4.79 Å². The number of rotatable bonds is 3. The largest absolute Gasteiger partial charge is 0.340 e. The number of piperidine rings is 1. The first kappa shape index (κ1) is 10.5. The van der Waals surface area contributed by atoms with Gasteiger partial charge in [-0.2, -0.15) is 0 Å². The lowest BCUT2D eigenvalue weighted by atomic mass is 10.0. The highest BCUT2D eigenvalue weighted by Crippen LogP contribution is 2.17. The van der Waals surface area contributed by atoms with Gasteiger partial charge in [0.05, 0.1) is 0 Å². The van der Waals surface area contributed by atoms with Gasteiger partial charge in [0, 0.05) is 19.0 Å². The zero-order chi connectivity index (χ0) is 9.68. The van der Waals surface area contributed by atoms with Gasteiger partial charge in [0.15, 0.2) is 0 Å². The predicted molar refractivity (Wildman–Crippen MR) is 53.3 cm³/mol. The predicted octanol–water partition coefficient (Wildman–Crippen LogP) is 1.13. The number of carbonyl (C=O) groups excluding carboxylic acids is 1. The van der Waals surface area contributed by atoms with E-state index in [1.807, 2.05) is 4.90 Å². The van der Waals surface area contributed by atoms with Gasteiger partial charge >= 0.3 is 0 Å². The summed E-state index contributed by atoms with van der Waals surface area (Å²) in [4.78, 5) is 13.7. The Kier molecular flexibility index (Phi) is 4.22. The molecule has 0 aromatic heterocycles. The molecule has 2 N–H and O–H groups in total. The zero-order valence-electron chi connectivity index (χ0n) is 8.46. The molecule has 0 aliphatic carbocycles. The molecule has 76 valence electrons. The summed E-state index contributed by atoms with van der Waals surface area (Å²) in [6.45, 7) is 3.71. The van der Waals surface area contributed by atoms with E-state index in [1.54, 1.807) is 0 Å². The average molecular weight is 184 g/mol. The first-order chi connectivity index (χ1) is 6.25. The van der Waals surface area contributed by atoms with E-state index in [2.05, 4.69) is 6.92 Å². The molecule has 1 heterocycles. The Labute approximate surface area is 80.3 Å². The fourth-order valence-electron chi connectivity index (χ4n) is 1.87. The molecule has 3 nitrogen and oxygen atoms in total. The molecule has 1 saturated heterocycles. The Morgan fingerprint density at radius 2 is 2.31 bits per heavy atom. The van der Waals surface area contributed by atoms with Crippen LogP contribution in [0.1, 0.15) is 39.0 Å². The molecular weight excluding hydrogens is 164 g/mol. The summed E-state index contributed by atoms with van der Waals surface area (Å²) in [5.41, 5.74) is 5.37. The number of hydrogen-bond donors (Lipinski definition) is 1. The van der Waals surface area contributed by atoms with E-state index >= 15 is 0 Å². The smallest absolute Gasteiger partial charge is 0.222 e. The lowest BCUT2D eigenvalue weighted by Crippen LogP contribution is -2.42. The molecule has 13 heavy (non-hydrogen) atoms. The maximum atomic E-state index is 11.6. The van der Waals surface area contributed by atoms with Crippen molar-refractivity contribution in [2.45, 2.75) is 45.1 Å². The summed E-state index contributed by atoms with van der Waals surface area (Å²) < 4.78 is 0. The molecule has 0 unspecified atom stereocenters. The number of carbonyl (C=O) groups is 1. The Balaban J connectivity index is 2.35. The Morgan fingerprint density at radius 3 is 2.92 bits per heavy atom. The fraction of sp³-hybridized carbons (Fsp3) is 0.900. The molecular formula is C10H20N2O. The van der Waals surface area contributed by atoms with E-state index in [9.17, 15) is 4.79 Å². The van der Waals surface area contributed by atoms with Crippen LogP contribution in [0.4, 0.5) is 0 Å². The van der Waals surface area contributed by atoms with Crippen LogP contribution in [0.5, 0.6) is 0 Å². The number of hydrogen-bond acceptors (Lipinski definition) is 2. The van der Waals surface area contributed by atoms with Gasteiger partial charge in [0.2, 0.25) is 5.91 Å². The Morgan fingerprint density at radius 1 is 1.54 bits per heavy atom. The molecule has 0 spiro atoms. The van der Waals surface area contributed by atoms with Crippen molar-refractivity contribution in [1.29, 1.82) is 0 Å². The second-order valence-corrected chi connectivity index (χ2v) is 3.82. The van der Waals surface area contributed by atoms with E-state index in [0.29, 0.717) is 19.0 Å². The maximum absolute atomic E-state index is 11.6. The van der Waals surface area contributed by atoms with Crippen molar-refractivity contribution < 1.29 is 4.79 Å². The highest BCUT2D eigenvalue weighted by Gasteiger charge is 2.21. The minimum atomic E-state index is 0.289. The molecule has 1 amide bonds. The standard InChI is InChI=1S/C10H20N2O/c1-9-5-2-3-8-12(9)10(13)6-4-7-11/h9H,2-8,11H2,1H3/t9-/m0/s1. The molecule has 0 radical (unpaired) electrons. The van der Waals surface area contributed by atoms with Gasteiger partial charge in [-0.3, -0.25) is 4.79 Å². The van der Waals surface area contributed by atoms with E-state index < -0.39 is 0 Å². The second-order valence-electron chi connectivity index (χ2n) is 3.82. The Hall–Kier alpha value is -0.570. The Bertz CT molecular complexity index is 170. The highest BCUT2D eigenvalue weighted by molar-refractivity contribution is 5.76. The van der Waals surface area contributed by atoms with E-state index in [-0.39, 0.29) is 5.91 Å². The average Bonchev–Trinajstić information content (AvgIpc) is 2.15. The number of amides is 1. The number of likely N-dealkylation sites (tertiary alicyclic amines) is 1. The molecule has 0 aromatic rings. The van der Waals surface area contributed by atoms with Crippen molar-refractivity contribution in [2.75, 3.05) is 13.1 Å². The van der Waals surface area contributed by atoms with Crippen LogP contribution in [0.3, 0.4) is 0 Å². The van der Waals surface area contributed by atoms with Gasteiger partial charge < -0.3 is 10.6 Å². The van der Waals surface area contributed by atoms with Crippen LogP contribution < -0.4 is 5.73 Å². The van der Waals surface area contributed by atoms with Gasteiger partial charge in [0.1, 0.15) is 0 Å². The zero-order valence-corrected chi connectivity index (χ0v) is 8.46. The SMILES string of the molecule is C[C@H]1CCCCN1C(=O)CCCN. The maximum Gasteiger partial charge on any atom is 0.222 e. The van der Waals surface area contributed by atoms with Crippen molar-refractivity contribution >= 4 is 5.91 Å². The summed E-state index contributed by atoms with van der Waals surface area (Å²) in [6, 6.07) is 0.444. The fourth-order valence-corrected chi connectivity index (χ4v) is 1.87. The lowest BCUT2D eigenvalue weighted by Gasteiger charge is -2.33. The van der Waals surface area contributed by atoms with Crippen LogP contribution in [-0.4, -0.2) is 29.9 Å². The molecule has 1 aliphatic rings. The van der Waals surface area contributed by atoms with Crippen molar-refractivity contribution in [3.05, 3.63) is 0 Å². The molecule has 1 aliphatic heterocycles. The molecule has 1 rings (SSSR count). The van der Waals surface area contributed by atoms with Crippen molar-refractivity contribution in [3.63, 3.8) is 0 Å². The van der Waals surface area contributed by atoms with Gasteiger partial charge in [-0.1, -0.05) is 0 Å². The minimum absolute atomic E-state index is 0.289. The van der Waals surface area contributed by atoms with Gasteiger partial charge in [-0.25, -0.2) is 0 Å². The first-order valence-corrected chi connectivity index (χ1v) is 5.25. The highest BCUT2D eigenvalue weighted by atomic mass is 16.2. The normalized spacial score (nSPS) is 23.2. The number of nitrogens with zero attached hydrogens (tertiary/aromatic N) is 1. The molecule has 0 aromatic carbocycles. The van der Waals surface area contributed by atoms with Gasteiger partial charge in [-0.15, -0.1) is 0 Å². The minimum Gasteiger partial charge on any atom is -0.340 e. The van der Waals surface area contributed by atoms with Crippen LogP contribution in [0.2, 0.25) is 0 Å².